The summed E-state index contributed by atoms with van der Waals surface area (Å²) in [5, 5.41) is 1.42. The van der Waals surface area contributed by atoms with Crippen LogP contribution in [0.5, 0.6) is 0 Å². The van der Waals surface area contributed by atoms with Gasteiger partial charge in [-0.05, 0) is 36.8 Å². The molecule has 3 nitrogen and oxygen atoms in total. The fraction of sp³-hybridized carbons (Fsp3) is 0.0625. The van der Waals surface area contributed by atoms with Gasteiger partial charge >= 0.3 is 5.63 Å². The van der Waals surface area contributed by atoms with Crippen molar-refractivity contribution in [1.82, 2.24) is 0 Å². The van der Waals surface area contributed by atoms with Gasteiger partial charge in [0.05, 0.1) is 5.56 Å². The Balaban J connectivity index is 2.32. The lowest BCUT2D eigenvalue weighted by atomic mass is 10.0. The average molecular weight is 286 g/mol. The zero-order chi connectivity index (χ0) is 14.3. The highest BCUT2D eigenvalue weighted by molar-refractivity contribution is 6.31. The highest BCUT2D eigenvalue weighted by Crippen LogP contribution is 2.30. The maximum Gasteiger partial charge on any atom is 0.344 e. The minimum atomic E-state index is -0.421. The van der Waals surface area contributed by atoms with Gasteiger partial charge in [0, 0.05) is 21.7 Å². The van der Waals surface area contributed by atoms with Gasteiger partial charge in [-0.2, -0.15) is 0 Å². The van der Waals surface area contributed by atoms with E-state index in [0.717, 1.165) is 10.9 Å². The maximum atomic E-state index is 12.1. The summed E-state index contributed by atoms with van der Waals surface area (Å²) < 4.78 is 5.32. The summed E-state index contributed by atoms with van der Waals surface area (Å²) in [5.41, 5.74) is 8.53. The Morgan fingerprint density at radius 3 is 2.65 bits per heavy atom. The van der Waals surface area contributed by atoms with Gasteiger partial charge in [-0.15, -0.1) is 0 Å². The van der Waals surface area contributed by atoms with Crippen LogP contribution in [0.15, 0.2) is 51.7 Å². The van der Waals surface area contributed by atoms with Gasteiger partial charge in [-0.3, -0.25) is 0 Å². The van der Waals surface area contributed by atoms with Crippen LogP contribution in [0.2, 0.25) is 5.02 Å². The van der Waals surface area contributed by atoms with E-state index < -0.39 is 5.63 Å². The summed E-state index contributed by atoms with van der Waals surface area (Å²) in [6.07, 6.45) is 0. The van der Waals surface area contributed by atoms with Crippen molar-refractivity contribution in [3.05, 3.63) is 63.5 Å². The molecule has 2 N–H and O–H groups in total. The number of hydrogen-bond acceptors (Lipinski definition) is 3. The first-order valence-electron chi connectivity index (χ1n) is 6.15. The molecule has 0 aliphatic heterocycles. The van der Waals surface area contributed by atoms with E-state index in [1.165, 1.54) is 0 Å². The average Bonchev–Trinajstić information content (AvgIpc) is 2.42. The number of aryl methyl sites for hydroxylation is 1. The molecule has 1 aromatic heterocycles. The summed E-state index contributed by atoms with van der Waals surface area (Å²) in [5.74, 6) is 0. The number of nitrogen functional groups attached to an aromatic ring is 1. The van der Waals surface area contributed by atoms with E-state index in [2.05, 4.69) is 0 Å². The van der Waals surface area contributed by atoms with Crippen LogP contribution in [0.25, 0.3) is 22.1 Å². The number of anilines is 1. The predicted octanol–water partition coefficient (Wildman–Crippen LogP) is 4.00. The topological polar surface area (TPSA) is 56.2 Å². The Labute approximate surface area is 120 Å². The van der Waals surface area contributed by atoms with Gasteiger partial charge in [-0.25, -0.2) is 4.79 Å². The van der Waals surface area contributed by atoms with E-state index in [9.17, 15) is 4.79 Å². The normalized spacial score (nSPS) is 10.9. The second kappa shape index (κ2) is 4.69. The van der Waals surface area contributed by atoms with E-state index in [1.54, 1.807) is 24.3 Å². The zero-order valence-corrected chi connectivity index (χ0v) is 11.6. The lowest BCUT2D eigenvalue weighted by Gasteiger charge is -2.08. The van der Waals surface area contributed by atoms with Gasteiger partial charge in [0.1, 0.15) is 5.58 Å². The van der Waals surface area contributed by atoms with Crippen molar-refractivity contribution >= 4 is 28.3 Å². The van der Waals surface area contributed by atoms with Gasteiger partial charge in [-0.1, -0.05) is 29.8 Å². The fourth-order valence-corrected chi connectivity index (χ4v) is 2.35. The molecule has 0 bridgehead atoms. The van der Waals surface area contributed by atoms with Crippen molar-refractivity contribution in [1.29, 1.82) is 0 Å². The van der Waals surface area contributed by atoms with Gasteiger partial charge in [0.25, 0.3) is 0 Å². The first kappa shape index (κ1) is 12.8. The van der Waals surface area contributed by atoms with Gasteiger partial charge in [0.15, 0.2) is 0 Å². The number of fused-ring (bicyclic) bond motifs is 1. The molecule has 100 valence electrons. The summed E-state index contributed by atoms with van der Waals surface area (Å²) >= 11 is 6.12. The fourth-order valence-electron chi connectivity index (χ4n) is 2.19. The van der Waals surface area contributed by atoms with Crippen LogP contribution < -0.4 is 11.4 Å². The quantitative estimate of drug-likeness (QED) is 0.543. The molecule has 3 rings (SSSR count). The lowest BCUT2D eigenvalue weighted by Crippen LogP contribution is -2.04. The molecule has 0 spiro atoms. The SMILES string of the molecule is Cc1cc(N)c(-c2cc3ccccc3oc2=O)cc1Cl. The number of halogens is 1. The predicted molar refractivity (Wildman–Crippen MR) is 82.1 cm³/mol. The molecule has 0 amide bonds. The molecule has 0 unspecified atom stereocenters. The van der Waals surface area contributed by atoms with Crippen molar-refractivity contribution in [2.75, 3.05) is 5.73 Å². The first-order valence-corrected chi connectivity index (χ1v) is 6.53. The van der Waals surface area contributed by atoms with E-state index >= 15 is 0 Å². The molecule has 0 saturated heterocycles. The number of rotatable bonds is 1. The molecule has 1 heterocycles. The van der Waals surface area contributed by atoms with E-state index in [4.69, 9.17) is 21.8 Å². The third kappa shape index (κ3) is 2.06. The van der Waals surface area contributed by atoms with Crippen molar-refractivity contribution in [2.24, 2.45) is 0 Å². The highest BCUT2D eigenvalue weighted by Gasteiger charge is 2.12. The molecule has 20 heavy (non-hydrogen) atoms. The minimum Gasteiger partial charge on any atom is -0.422 e. The monoisotopic (exact) mass is 285 g/mol. The third-order valence-electron chi connectivity index (χ3n) is 3.26. The van der Waals surface area contributed by atoms with Crippen molar-refractivity contribution in [2.45, 2.75) is 6.92 Å². The molecule has 4 heteroatoms. The van der Waals surface area contributed by atoms with E-state index in [0.29, 0.717) is 27.4 Å². The molecule has 2 aromatic carbocycles. The summed E-state index contributed by atoms with van der Waals surface area (Å²) in [7, 11) is 0. The molecule has 0 aliphatic rings. The lowest BCUT2D eigenvalue weighted by molar-refractivity contribution is 0.563. The molecular weight excluding hydrogens is 274 g/mol. The highest BCUT2D eigenvalue weighted by atomic mass is 35.5. The Morgan fingerprint density at radius 2 is 1.85 bits per heavy atom. The minimum absolute atomic E-state index is 0.420. The van der Waals surface area contributed by atoms with Crippen molar-refractivity contribution in [3.8, 4) is 11.1 Å². The molecule has 0 saturated carbocycles. The Kier molecular flexibility index (Phi) is 2.99. The molecular formula is C16H12ClNO2. The standard InChI is InChI=1S/C16H12ClNO2/c1-9-6-14(18)11(8-13(9)17)12-7-10-4-2-3-5-15(10)20-16(12)19/h2-8H,18H2,1H3. The van der Waals surface area contributed by atoms with Crippen LogP contribution in [-0.4, -0.2) is 0 Å². The van der Waals surface area contributed by atoms with Crippen LogP contribution in [0.3, 0.4) is 0 Å². The van der Waals surface area contributed by atoms with Crippen LogP contribution >= 0.6 is 11.6 Å². The number of nitrogens with two attached hydrogens (primary N) is 1. The van der Waals surface area contributed by atoms with E-state index in [-0.39, 0.29) is 0 Å². The Morgan fingerprint density at radius 1 is 1.10 bits per heavy atom. The van der Waals surface area contributed by atoms with Crippen molar-refractivity contribution in [3.63, 3.8) is 0 Å². The summed E-state index contributed by atoms with van der Waals surface area (Å²) in [6, 6.07) is 12.6. The Hall–Kier alpha value is -2.26. The number of para-hydroxylation sites is 1. The van der Waals surface area contributed by atoms with Crippen LogP contribution in [0, 0.1) is 6.92 Å². The van der Waals surface area contributed by atoms with Crippen molar-refractivity contribution < 1.29 is 4.42 Å². The molecule has 0 fully saturated rings. The second-order valence-electron chi connectivity index (χ2n) is 4.67. The summed E-state index contributed by atoms with van der Waals surface area (Å²) in [4.78, 5) is 12.1. The number of hydrogen-bond donors (Lipinski definition) is 1. The summed E-state index contributed by atoms with van der Waals surface area (Å²) in [6.45, 7) is 1.87. The number of benzene rings is 2. The molecule has 3 aromatic rings. The third-order valence-corrected chi connectivity index (χ3v) is 3.67. The van der Waals surface area contributed by atoms with Gasteiger partial charge < -0.3 is 10.2 Å². The largest absolute Gasteiger partial charge is 0.422 e. The van der Waals surface area contributed by atoms with Crippen LogP contribution in [-0.2, 0) is 0 Å². The molecule has 0 aliphatic carbocycles. The van der Waals surface area contributed by atoms with Gasteiger partial charge in [0.2, 0.25) is 0 Å². The van der Waals surface area contributed by atoms with Crippen LogP contribution in [0.4, 0.5) is 5.69 Å². The smallest absolute Gasteiger partial charge is 0.344 e. The van der Waals surface area contributed by atoms with E-state index in [1.807, 2.05) is 25.1 Å². The first-order chi connectivity index (χ1) is 9.56. The van der Waals surface area contributed by atoms with Crippen LogP contribution in [0.1, 0.15) is 5.56 Å². The molecule has 0 atom stereocenters. The Bertz CT molecular complexity index is 868. The zero-order valence-electron chi connectivity index (χ0n) is 10.8. The second-order valence-corrected chi connectivity index (χ2v) is 5.08. The maximum absolute atomic E-state index is 12.1. The molecule has 0 radical (unpaired) electrons.